The summed E-state index contributed by atoms with van der Waals surface area (Å²) in [6, 6.07) is 8.67. The first-order chi connectivity index (χ1) is 10.7. The molecular formula is C17H21N3O2. The monoisotopic (exact) mass is 299 g/mol. The molecule has 0 bridgehead atoms. The number of hydrogen-bond acceptors (Lipinski definition) is 3. The summed E-state index contributed by atoms with van der Waals surface area (Å²) < 4.78 is 0. The van der Waals surface area contributed by atoms with Crippen LogP contribution in [0.3, 0.4) is 0 Å². The van der Waals surface area contributed by atoms with Crippen molar-refractivity contribution in [3.63, 3.8) is 0 Å². The number of rotatable bonds is 4. The number of hydrazone groups is 1. The fraction of sp³-hybridized carbons (Fsp3) is 0.471. The van der Waals surface area contributed by atoms with Gasteiger partial charge < -0.3 is 5.32 Å². The Balaban J connectivity index is 1.46. The molecule has 1 unspecified atom stereocenters. The lowest BCUT2D eigenvalue weighted by atomic mass is 9.88. The summed E-state index contributed by atoms with van der Waals surface area (Å²) in [7, 11) is 0. The number of aryl methyl sites for hydroxylation is 1. The van der Waals surface area contributed by atoms with Crippen LogP contribution in [0.2, 0.25) is 0 Å². The first-order valence-electron chi connectivity index (χ1n) is 7.91. The number of hydrogen-bond donors (Lipinski definition) is 2. The van der Waals surface area contributed by atoms with Gasteiger partial charge in [0.1, 0.15) is 0 Å². The van der Waals surface area contributed by atoms with Crippen LogP contribution in [-0.4, -0.2) is 23.6 Å². The molecule has 1 aliphatic heterocycles. The van der Waals surface area contributed by atoms with E-state index in [1.807, 2.05) is 0 Å². The summed E-state index contributed by atoms with van der Waals surface area (Å²) in [5.41, 5.74) is 6.12. The highest BCUT2D eigenvalue weighted by atomic mass is 16.2. The summed E-state index contributed by atoms with van der Waals surface area (Å²) >= 11 is 0. The van der Waals surface area contributed by atoms with Gasteiger partial charge in [0.25, 0.3) is 0 Å². The van der Waals surface area contributed by atoms with Gasteiger partial charge in [-0.2, -0.15) is 5.10 Å². The zero-order valence-electron chi connectivity index (χ0n) is 12.6. The average molecular weight is 299 g/mol. The van der Waals surface area contributed by atoms with E-state index in [4.69, 9.17) is 0 Å². The second-order valence-corrected chi connectivity index (χ2v) is 5.99. The van der Waals surface area contributed by atoms with Crippen LogP contribution in [0.15, 0.2) is 29.4 Å². The van der Waals surface area contributed by atoms with Crippen molar-refractivity contribution in [3.05, 3.63) is 35.4 Å². The van der Waals surface area contributed by atoms with Crippen molar-refractivity contribution in [1.82, 2.24) is 10.7 Å². The summed E-state index contributed by atoms with van der Waals surface area (Å²) in [4.78, 5) is 23.1. The lowest BCUT2D eigenvalue weighted by Gasteiger charge is -2.25. The predicted molar refractivity (Wildman–Crippen MR) is 84.4 cm³/mol. The smallest absolute Gasteiger partial charge is 0.240 e. The van der Waals surface area contributed by atoms with Crippen molar-refractivity contribution in [2.24, 2.45) is 5.10 Å². The highest BCUT2D eigenvalue weighted by Gasteiger charge is 2.20. The Morgan fingerprint density at radius 2 is 2.05 bits per heavy atom. The minimum atomic E-state index is -0.0472. The van der Waals surface area contributed by atoms with E-state index in [0.29, 0.717) is 25.7 Å². The van der Waals surface area contributed by atoms with Crippen molar-refractivity contribution in [1.29, 1.82) is 0 Å². The van der Waals surface area contributed by atoms with Crippen molar-refractivity contribution >= 4 is 17.5 Å². The largest absolute Gasteiger partial charge is 0.353 e. The predicted octanol–water partition coefficient (Wildman–Crippen LogP) is 1.71. The first-order valence-corrected chi connectivity index (χ1v) is 7.91. The molecule has 1 aromatic rings. The summed E-state index contributed by atoms with van der Waals surface area (Å²) in [6.45, 7) is 0. The highest BCUT2D eigenvalue weighted by molar-refractivity contribution is 5.94. The SMILES string of the molecule is O=C1CCC(CCC(=O)NC2CCc3ccccc3C2)=NN1. The number of fused-ring (bicyclic) bond motifs is 1. The Bertz CT molecular complexity index is 610. The molecule has 0 aromatic heterocycles. The third kappa shape index (κ3) is 3.72. The molecule has 1 atom stereocenters. The molecular weight excluding hydrogens is 278 g/mol. The molecule has 2 N–H and O–H groups in total. The fourth-order valence-corrected chi connectivity index (χ4v) is 3.07. The van der Waals surface area contributed by atoms with E-state index in [9.17, 15) is 9.59 Å². The van der Waals surface area contributed by atoms with Crippen LogP contribution in [0, 0.1) is 0 Å². The Hall–Kier alpha value is -2.17. The molecule has 1 heterocycles. The maximum atomic E-state index is 12.1. The van der Waals surface area contributed by atoms with Gasteiger partial charge >= 0.3 is 0 Å². The van der Waals surface area contributed by atoms with Crippen molar-refractivity contribution in [3.8, 4) is 0 Å². The van der Waals surface area contributed by atoms with Crippen LogP contribution in [0.1, 0.15) is 43.2 Å². The average Bonchev–Trinajstić information content (AvgIpc) is 2.54. The number of carbonyl (C=O) groups excluding carboxylic acids is 2. The molecule has 5 heteroatoms. The van der Waals surface area contributed by atoms with Gasteiger partial charge in [0.2, 0.25) is 11.8 Å². The van der Waals surface area contributed by atoms with Gasteiger partial charge in [-0.05, 0) is 43.2 Å². The van der Waals surface area contributed by atoms with Crippen molar-refractivity contribution in [2.75, 3.05) is 0 Å². The van der Waals surface area contributed by atoms with Crippen LogP contribution in [0.25, 0.3) is 0 Å². The summed E-state index contributed by atoms with van der Waals surface area (Å²) in [6.07, 6.45) is 5.14. The Labute approximate surface area is 130 Å². The molecule has 2 aliphatic rings. The maximum absolute atomic E-state index is 12.1. The molecule has 3 rings (SSSR count). The molecule has 22 heavy (non-hydrogen) atoms. The normalized spacial score (nSPS) is 20.6. The van der Waals surface area contributed by atoms with Gasteiger partial charge in [-0.3, -0.25) is 9.59 Å². The van der Waals surface area contributed by atoms with Crippen LogP contribution in [-0.2, 0) is 22.4 Å². The second kappa shape index (κ2) is 6.73. The second-order valence-electron chi connectivity index (χ2n) is 5.99. The maximum Gasteiger partial charge on any atom is 0.240 e. The van der Waals surface area contributed by atoms with Gasteiger partial charge in [-0.15, -0.1) is 0 Å². The molecule has 5 nitrogen and oxygen atoms in total. The molecule has 1 aliphatic carbocycles. The van der Waals surface area contributed by atoms with Crippen LogP contribution < -0.4 is 10.7 Å². The van der Waals surface area contributed by atoms with Gasteiger partial charge in [0.15, 0.2) is 0 Å². The summed E-state index contributed by atoms with van der Waals surface area (Å²) in [5, 5.41) is 7.12. The fourth-order valence-electron chi connectivity index (χ4n) is 3.07. The third-order valence-electron chi connectivity index (χ3n) is 4.33. The molecule has 0 fully saturated rings. The first kappa shape index (κ1) is 14.8. The molecule has 0 radical (unpaired) electrons. The lowest BCUT2D eigenvalue weighted by Crippen LogP contribution is -2.39. The molecule has 0 saturated heterocycles. The van der Waals surface area contributed by atoms with Crippen LogP contribution in [0.5, 0.6) is 0 Å². The van der Waals surface area contributed by atoms with E-state index in [1.165, 1.54) is 11.1 Å². The number of benzene rings is 1. The zero-order valence-corrected chi connectivity index (χ0v) is 12.6. The number of amides is 2. The van der Waals surface area contributed by atoms with Crippen molar-refractivity contribution in [2.45, 2.75) is 51.0 Å². The zero-order chi connectivity index (χ0) is 15.4. The van der Waals surface area contributed by atoms with Crippen molar-refractivity contribution < 1.29 is 9.59 Å². The molecule has 1 aromatic carbocycles. The Morgan fingerprint density at radius 1 is 1.23 bits per heavy atom. The van der Waals surface area contributed by atoms with Gasteiger partial charge in [0, 0.05) is 24.6 Å². The molecule has 2 amide bonds. The van der Waals surface area contributed by atoms with E-state index in [2.05, 4.69) is 40.1 Å². The van der Waals surface area contributed by atoms with Crippen LogP contribution >= 0.6 is 0 Å². The van der Waals surface area contributed by atoms with E-state index in [1.54, 1.807) is 0 Å². The number of carbonyl (C=O) groups is 2. The van der Waals surface area contributed by atoms with E-state index < -0.39 is 0 Å². The molecule has 116 valence electrons. The van der Waals surface area contributed by atoms with E-state index in [0.717, 1.165) is 25.0 Å². The highest BCUT2D eigenvalue weighted by Crippen LogP contribution is 2.21. The topological polar surface area (TPSA) is 70.6 Å². The number of nitrogens with one attached hydrogen (secondary N) is 2. The van der Waals surface area contributed by atoms with Gasteiger partial charge in [-0.25, -0.2) is 5.43 Å². The standard InChI is InChI=1S/C17H21N3O2/c21-16(9-7-14-8-10-17(22)20-19-14)18-15-6-5-12-3-1-2-4-13(12)11-15/h1-4,15H,5-11H2,(H,18,21)(H,20,22). The van der Waals surface area contributed by atoms with E-state index in [-0.39, 0.29) is 17.9 Å². The molecule has 0 saturated carbocycles. The summed E-state index contributed by atoms with van der Waals surface area (Å²) in [5.74, 6) is 0.0260. The van der Waals surface area contributed by atoms with E-state index >= 15 is 0 Å². The minimum Gasteiger partial charge on any atom is -0.353 e. The Morgan fingerprint density at radius 3 is 2.82 bits per heavy atom. The van der Waals surface area contributed by atoms with Gasteiger partial charge in [-0.1, -0.05) is 24.3 Å². The van der Waals surface area contributed by atoms with Crippen LogP contribution in [0.4, 0.5) is 0 Å². The quantitative estimate of drug-likeness (QED) is 0.888. The minimum absolute atomic E-state index is 0.0472. The number of nitrogens with zero attached hydrogens (tertiary/aromatic N) is 1. The molecule has 0 spiro atoms. The van der Waals surface area contributed by atoms with Gasteiger partial charge in [0.05, 0.1) is 0 Å². The lowest BCUT2D eigenvalue weighted by molar-refractivity contribution is -0.122. The Kier molecular flexibility index (Phi) is 4.51. The third-order valence-corrected chi connectivity index (χ3v) is 4.33.